The molecular formula is C21H17FN6O2S. The highest BCUT2D eigenvalue weighted by Crippen LogP contribution is 2.33. The average Bonchev–Trinajstić information content (AvgIpc) is 3.35. The second-order valence-corrected chi connectivity index (χ2v) is 8.21. The van der Waals surface area contributed by atoms with Gasteiger partial charge in [-0.25, -0.2) is 19.0 Å². The summed E-state index contributed by atoms with van der Waals surface area (Å²) in [5, 5.41) is 7.97. The first kappa shape index (κ1) is 19.4. The zero-order valence-corrected chi connectivity index (χ0v) is 17.3. The van der Waals surface area contributed by atoms with Crippen molar-refractivity contribution in [2.75, 3.05) is 11.1 Å². The number of fused-ring (bicyclic) bond motifs is 2. The number of nitrogens with zero attached hydrogens (tertiary/aromatic N) is 5. The van der Waals surface area contributed by atoms with Crippen LogP contribution in [0.4, 0.5) is 10.2 Å². The van der Waals surface area contributed by atoms with Crippen LogP contribution < -0.4 is 10.9 Å². The third-order valence-corrected chi connectivity index (χ3v) is 6.23. The fourth-order valence-corrected chi connectivity index (χ4v) is 4.70. The number of rotatable bonds is 4. The number of thioether (sulfide) groups is 1. The molecule has 10 heteroatoms. The van der Waals surface area contributed by atoms with Gasteiger partial charge in [0.15, 0.2) is 10.8 Å². The third-order valence-electron chi connectivity index (χ3n) is 5.13. The highest BCUT2D eigenvalue weighted by molar-refractivity contribution is 7.99. The Balaban J connectivity index is 1.45. The summed E-state index contributed by atoms with van der Waals surface area (Å²) in [7, 11) is 0. The first-order valence-electron chi connectivity index (χ1n) is 9.62. The molecule has 0 saturated carbocycles. The van der Waals surface area contributed by atoms with Gasteiger partial charge in [0, 0.05) is 18.4 Å². The van der Waals surface area contributed by atoms with Crippen molar-refractivity contribution in [3.8, 4) is 5.69 Å². The van der Waals surface area contributed by atoms with Crippen molar-refractivity contribution in [1.29, 1.82) is 0 Å². The summed E-state index contributed by atoms with van der Waals surface area (Å²) in [5.41, 5.74) is 1.64. The van der Waals surface area contributed by atoms with E-state index in [1.54, 1.807) is 29.0 Å². The molecule has 1 N–H and O–H groups in total. The summed E-state index contributed by atoms with van der Waals surface area (Å²) in [5.74, 6) is 0.508. The number of hydrogen-bond donors (Lipinski definition) is 1. The molecule has 5 rings (SSSR count). The quantitative estimate of drug-likeness (QED) is 0.494. The number of benzene rings is 1. The molecule has 1 amide bonds. The van der Waals surface area contributed by atoms with Crippen molar-refractivity contribution in [2.24, 2.45) is 0 Å². The van der Waals surface area contributed by atoms with Crippen molar-refractivity contribution in [2.45, 2.75) is 24.5 Å². The Hall–Kier alpha value is -3.53. The highest BCUT2D eigenvalue weighted by Gasteiger charge is 2.29. The van der Waals surface area contributed by atoms with Gasteiger partial charge in [-0.05, 0) is 42.8 Å². The maximum absolute atomic E-state index is 13.3. The molecule has 0 unspecified atom stereocenters. The van der Waals surface area contributed by atoms with Crippen LogP contribution in [0.1, 0.15) is 18.0 Å². The number of carbonyl (C=O) groups is 1. The molecule has 1 atom stereocenters. The highest BCUT2D eigenvalue weighted by atomic mass is 32.2. The van der Waals surface area contributed by atoms with Gasteiger partial charge in [0.1, 0.15) is 17.0 Å². The van der Waals surface area contributed by atoms with Crippen LogP contribution in [0.5, 0.6) is 0 Å². The smallest absolute Gasteiger partial charge is 0.265 e. The number of anilines is 1. The van der Waals surface area contributed by atoms with E-state index >= 15 is 0 Å². The van der Waals surface area contributed by atoms with E-state index in [0.717, 1.165) is 5.56 Å². The first-order valence-corrected chi connectivity index (χ1v) is 10.6. The molecule has 0 fully saturated rings. The van der Waals surface area contributed by atoms with E-state index in [9.17, 15) is 14.0 Å². The van der Waals surface area contributed by atoms with Gasteiger partial charge >= 0.3 is 0 Å². The van der Waals surface area contributed by atoms with Crippen LogP contribution >= 0.6 is 11.8 Å². The maximum Gasteiger partial charge on any atom is 0.265 e. The number of nitrogens with one attached hydrogen (secondary N) is 1. The number of halogens is 1. The second-order valence-electron chi connectivity index (χ2n) is 7.23. The Morgan fingerprint density at radius 3 is 2.87 bits per heavy atom. The normalized spacial score (nSPS) is 15.2. The van der Waals surface area contributed by atoms with E-state index in [1.165, 1.54) is 34.8 Å². The van der Waals surface area contributed by atoms with Gasteiger partial charge in [0.25, 0.3) is 5.56 Å². The zero-order valence-electron chi connectivity index (χ0n) is 16.4. The Labute approximate surface area is 180 Å². The lowest BCUT2D eigenvalue weighted by atomic mass is 10.2. The lowest BCUT2D eigenvalue weighted by Gasteiger charge is -2.14. The summed E-state index contributed by atoms with van der Waals surface area (Å²) in [4.78, 5) is 34.6. The first-order chi connectivity index (χ1) is 15.0. The van der Waals surface area contributed by atoms with Crippen LogP contribution in [-0.4, -0.2) is 36.0 Å². The molecule has 4 aromatic rings. The standard InChI is InChI=1S/C21H17FN6O2S/c1-12-3-2-8-23-18(12)25-17(29)9-15-11-31-21-26-19-16(20(30)27(15)21)10-24-28(19)14-6-4-13(22)5-7-14/h2-8,10,15H,9,11H2,1H3,(H,23,25,29)/t15-/m1/s1. The number of amides is 1. The van der Waals surface area contributed by atoms with Gasteiger partial charge < -0.3 is 5.32 Å². The van der Waals surface area contributed by atoms with Crippen LogP contribution in [0.25, 0.3) is 16.7 Å². The van der Waals surface area contributed by atoms with Crippen molar-refractivity contribution in [3.05, 3.63) is 70.5 Å². The van der Waals surface area contributed by atoms with Gasteiger partial charge in [-0.1, -0.05) is 17.8 Å². The minimum absolute atomic E-state index is 0.134. The molecule has 0 spiro atoms. The van der Waals surface area contributed by atoms with Crippen molar-refractivity contribution >= 4 is 34.5 Å². The summed E-state index contributed by atoms with van der Waals surface area (Å²) < 4.78 is 16.3. The molecule has 3 aromatic heterocycles. The van der Waals surface area contributed by atoms with Gasteiger partial charge in [0.05, 0.1) is 17.9 Å². The minimum Gasteiger partial charge on any atom is -0.310 e. The molecular weight excluding hydrogens is 419 g/mol. The van der Waals surface area contributed by atoms with E-state index in [0.29, 0.717) is 33.4 Å². The van der Waals surface area contributed by atoms with Gasteiger partial charge in [-0.3, -0.25) is 14.2 Å². The Kier molecular flexibility index (Phi) is 4.78. The fourth-order valence-electron chi connectivity index (χ4n) is 3.57. The SMILES string of the molecule is Cc1cccnc1NC(=O)C[C@@H]1CSc2nc3c(cnn3-c3ccc(F)cc3)c(=O)n21. The van der Waals surface area contributed by atoms with Crippen LogP contribution in [0.3, 0.4) is 0 Å². The van der Waals surface area contributed by atoms with Crippen molar-refractivity contribution in [3.63, 3.8) is 0 Å². The number of aryl methyl sites for hydroxylation is 1. The van der Waals surface area contributed by atoms with Crippen LogP contribution in [-0.2, 0) is 4.79 Å². The van der Waals surface area contributed by atoms with Gasteiger partial charge in [-0.2, -0.15) is 5.10 Å². The summed E-state index contributed by atoms with van der Waals surface area (Å²) in [6.07, 6.45) is 3.21. The second kappa shape index (κ2) is 7.62. The molecule has 4 heterocycles. The topological polar surface area (TPSA) is 94.7 Å². The van der Waals surface area contributed by atoms with E-state index in [4.69, 9.17) is 0 Å². The molecule has 0 bridgehead atoms. The minimum atomic E-state index is -0.355. The Morgan fingerprint density at radius 1 is 1.29 bits per heavy atom. The predicted octanol–water partition coefficient (Wildman–Crippen LogP) is 3.10. The lowest BCUT2D eigenvalue weighted by Crippen LogP contribution is -2.28. The fraction of sp³-hybridized carbons (Fsp3) is 0.190. The van der Waals surface area contributed by atoms with Crippen LogP contribution in [0.15, 0.2) is 58.7 Å². The Bertz CT molecular complexity index is 1360. The largest absolute Gasteiger partial charge is 0.310 e. The molecule has 0 aliphatic carbocycles. The van der Waals surface area contributed by atoms with E-state index in [-0.39, 0.29) is 29.7 Å². The van der Waals surface area contributed by atoms with Crippen molar-refractivity contribution < 1.29 is 9.18 Å². The lowest BCUT2D eigenvalue weighted by molar-refractivity contribution is -0.116. The third kappa shape index (κ3) is 3.48. The molecule has 0 saturated heterocycles. The van der Waals surface area contributed by atoms with E-state index < -0.39 is 0 Å². The molecule has 31 heavy (non-hydrogen) atoms. The van der Waals surface area contributed by atoms with Gasteiger partial charge in [-0.15, -0.1) is 0 Å². The molecule has 156 valence electrons. The Morgan fingerprint density at radius 2 is 2.10 bits per heavy atom. The summed E-state index contributed by atoms with van der Waals surface area (Å²) in [6.45, 7) is 1.87. The summed E-state index contributed by atoms with van der Waals surface area (Å²) >= 11 is 1.42. The van der Waals surface area contributed by atoms with E-state index in [1.807, 2.05) is 13.0 Å². The van der Waals surface area contributed by atoms with Crippen LogP contribution in [0, 0.1) is 12.7 Å². The van der Waals surface area contributed by atoms with Crippen LogP contribution in [0.2, 0.25) is 0 Å². The van der Waals surface area contributed by atoms with Crippen molar-refractivity contribution in [1.82, 2.24) is 24.3 Å². The predicted molar refractivity (Wildman–Crippen MR) is 115 cm³/mol. The number of pyridine rings is 1. The monoisotopic (exact) mass is 436 g/mol. The zero-order chi connectivity index (χ0) is 21.5. The van der Waals surface area contributed by atoms with Gasteiger partial charge in [0.2, 0.25) is 5.91 Å². The molecule has 1 aliphatic heterocycles. The molecule has 1 aliphatic rings. The maximum atomic E-state index is 13.3. The summed E-state index contributed by atoms with van der Waals surface area (Å²) in [6, 6.07) is 9.17. The average molecular weight is 436 g/mol. The molecule has 8 nitrogen and oxygen atoms in total. The van der Waals surface area contributed by atoms with E-state index in [2.05, 4.69) is 20.4 Å². The number of aromatic nitrogens is 5. The number of carbonyl (C=O) groups excluding carboxylic acids is 1. The molecule has 0 radical (unpaired) electrons. The number of hydrogen-bond acceptors (Lipinski definition) is 6. The molecule has 1 aromatic carbocycles.